The minimum Gasteiger partial charge on any atom is -0.497 e. The van der Waals surface area contributed by atoms with E-state index in [1.807, 2.05) is 24.3 Å². The summed E-state index contributed by atoms with van der Waals surface area (Å²) in [5.41, 5.74) is 2.58. The zero-order chi connectivity index (χ0) is 37.7. The van der Waals surface area contributed by atoms with E-state index < -0.39 is 5.60 Å². The molecule has 0 spiro atoms. The average Bonchev–Trinajstić information content (AvgIpc) is 3.21. The van der Waals surface area contributed by atoms with E-state index in [1.165, 1.54) is 154 Å². The summed E-state index contributed by atoms with van der Waals surface area (Å²) >= 11 is 0. The van der Waals surface area contributed by atoms with Gasteiger partial charge in [0.05, 0.1) is 14.2 Å². The standard InChI is InChI=1S/C49H77NO3/c1-5-7-9-11-12-13-14-15-16-17-18-19-20-27-41-50(40-26-10-8-6-2)42-28-21-22-29-43-53-49(44-30-24-23-25-31-44,45-32-36-47(51-3)37-33-45)46-34-38-48(52-4)39-35-46/h23-25,30-39H,5-22,26-29,40-43H2,1-4H3. The van der Waals surface area contributed by atoms with Crippen LogP contribution in [-0.2, 0) is 10.3 Å². The molecule has 0 N–H and O–H groups in total. The van der Waals surface area contributed by atoms with E-state index in [9.17, 15) is 0 Å². The van der Waals surface area contributed by atoms with Crippen molar-refractivity contribution < 1.29 is 14.2 Å². The van der Waals surface area contributed by atoms with Crippen molar-refractivity contribution in [3.8, 4) is 11.5 Å². The van der Waals surface area contributed by atoms with Crippen molar-refractivity contribution in [1.82, 2.24) is 4.90 Å². The monoisotopic (exact) mass is 728 g/mol. The zero-order valence-electron chi connectivity index (χ0n) is 34.6. The Balaban J connectivity index is 1.45. The Morgan fingerprint density at radius 3 is 1.13 bits per heavy atom. The molecule has 0 aliphatic heterocycles. The first-order valence-electron chi connectivity index (χ1n) is 21.9. The second-order valence-corrected chi connectivity index (χ2v) is 15.3. The number of rotatable bonds is 33. The molecule has 0 heterocycles. The molecule has 0 saturated carbocycles. The van der Waals surface area contributed by atoms with Crippen LogP contribution in [0, 0.1) is 0 Å². The summed E-state index contributed by atoms with van der Waals surface area (Å²) in [5, 5.41) is 0. The molecule has 53 heavy (non-hydrogen) atoms. The number of unbranched alkanes of at least 4 members (excludes halogenated alkanes) is 19. The molecular weight excluding hydrogens is 651 g/mol. The van der Waals surface area contributed by atoms with E-state index >= 15 is 0 Å². The molecule has 3 rings (SSSR count). The Morgan fingerprint density at radius 2 is 0.736 bits per heavy atom. The number of hydrogen-bond acceptors (Lipinski definition) is 4. The summed E-state index contributed by atoms with van der Waals surface area (Å²) in [4.78, 5) is 2.78. The van der Waals surface area contributed by atoms with Gasteiger partial charge in [0.1, 0.15) is 17.1 Å². The maximum Gasteiger partial charge on any atom is 0.143 e. The van der Waals surface area contributed by atoms with Gasteiger partial charge in [-0.2, -0.15) is 0 Å². The topological polar surface area (TPSA) is 30.9 Å². The van der Waals surface area contributed by atoms with Crippen LogP contribution < -0.4 is 9.47 Å². The summed E-state index contributed by atoms with van der Waals surface area (Å²) in [6.45, 7) is 9.08. The lowest BCUT2D eigenvalue weighted by Crippen LogP contribution is -2.33. The summed E-state index contributed by atoms with van der Waals surface area (Å²) in [6.07, 6.45) is 30.1. The molecule has 296 valence electrons. The predicted octanol–water partition coefficient (Wildman–Crippen LogP) is 13.9. The lowest BCUT2D eigenvalue weighted by atomic mass is 9.80. The SMILES string of the molecule is CCCCCCCCCCCCCCCCN(CCCCCC)CCCCCCOC(c1ccccc1)(c1ccc(OC)cc1)c1ccc(OC)cc1. The van der Waals surface area contributed by atoms with Gasteiger partial charge in [0.15, 0.2) is 0 Å². The summed E-state index contributed by atoms with van der Waals surface area (Å²) in [5.74, 6) is 1.68. The van der Waals surface area contributed by atoms with E-state index in [-0.39, 0.29) is 0 Å². The molecule has 0 aliphatic rings. The fraction of sp³-hybridized carbons (Fsp3) is 0.633. The van der Waals surface area contributed by atoms with Crippen molar-refractivity contribution in [3.63, 3.8) is 0 Å². The van der Waals surface area contributed by atoms with Gasteiger partial charge < -0.3 is 19.1 Å². The molecule has 0 aromatic heterocycles. The molecule has 0 unspecified atom stereocenters. The lowest BCUT2D eigenvalue weighted by Gasteiger charge is -2.36. The number of methoxy groups -OCH3 is 2. The van der Waals surface area contributed by atoms with Crippen molar-refractivity contribution in [1.29, 1.82) is 0 Å². The van der Waals surface area contributed by atoms with Gasteiger partial charge in [-0.3, -0.25) is 0 Å². The third-order valence-corrected chi connectivity index (χ3v) is 11.0. The molecule has 0 atom stereocenters. The number of nitrogens with zero attached hydrogens (tertiary/aromatic N) is 1. The minimum absolute atomic E-state index is 0.687. The van der Waals surface area contributed by atoms with E-state index in [1.54, 1.807) is 14.2 Å². The second kappa shape index (κ2) is 28.6. The van der Waals surface area contributed by atoms with Crippen LogP contribution in [0.3, 0.4) is 0 Å². The molecule has 0 saturated heterocycles. The number of ether oxygens (including phenoxy) is 3. The van der Waals surface area contributed by atoms with Crippen LogP contribution in [0.1, 0.15) is 172 Å². The van der Waals surface area contributed by atoms with E-state index in [4.69, 9.17) is 14.2 Å². The summed E-state index contributed by atoms with van der Waals surface area (Å²) in [6, 6.07) is 27.4. The highest BCUT2D eigenvalue weighted by Gasteiger charge is 2.37. The molecule has 0 aliphatic carbocycles. The first-order chi connectivity index (χ1) is 26.2. The van der Waals surface area contributed by atoms with Gasteiger partial charge in [-0.15, -0.1) is 0 Å². The maximum absolute atomic E-state index is 7.08. The average molecular weight is 728 g/mol. The van der Waals surface area contributed by atoms with Crippen molar-refractivity contribution in [2.75, 3.05) is 40.5 Å². The number of benzene rings is 3. The maximum atomic E-state index is 7.08. The Bertz CT molecular complexity index is 1210. The molecule has 3 aromatic carbocycles. The Morgan fingerprint density at radius 1 is 0.396 bits per heavy atom. The largest absolute Gasteiger partial charge is 0.497 e. The molecule has 4 heteroatoms. The van der Waals surface area contributed by atoms with Gasteiger partial charge in [-0.1, -0.05) is 184 Å². The third kappa shape index (κ3) is 17.0. The highest BCUT2D eigenvalue weighted by molar-refractivity contribution is 5.49. The van der Waals surface area contributed by atoms with E-state index in [2.05, 4.69) is 73.3 Å². The first-order valence-corrected chi connectivity index (χ1v) is 21.9. The van der Waals surface area contributed by atoms with Gasteiger partial charge in [0, 0.05) is 6.61 Å². The fourth-order valence-corrected chi connectivity index (χ4v) is 7.72. The third-order valence-electron chi connectivity index (χ3n) is 11.0. The highest BCUT2D eigenvalue weighted by Crippen LogP contribution is 2.41. The molecule has 0 fully saturated rings. The van der Waals surface area contributed by atoms with Crippen LogP contribution in [-0.4, -0.2) is 45.4 Å². The van der Waals surface area contributed by atoms with Crippen molar-refractivity contribution in [3.05, 3.63) is 95.6 Å². The van der Waals surface area contributed by atoms with Crippen LogP contribution in [0.4, 0.5) is 0 Å². The fourth-order valence-electron chi connectivity index (χ4n) is 7.72. The van der Waals surface area contributed by atoms with Crippen LogP contribution in [0.5, 0.6) is 11.5 Å². The van der Waals surface area contributed by atoms with Gasteiger partial charge >= 0.3 is 0 Å². The Labute approximate surface area is 326 Å². The Kier molecular flexibility index (Phi) is 24.1. The molecule has 4 nitrogen and oxygen atoms in total. The van der Waals surface area contributed by atoms with Gasteiger partial charge in [-0.25, -0.2) is 0 Å². The highest BCUT2D eigenvalue weighted by atomic mass is 16.5. The molecule has 0 radical (unpaired) electrons. The summed E-state index contributed by atoms with van der Waals surface area (Å²) in [7, 11) is 3.43. The molecule has 3 aromatic rings. The molecule has 0 bridgehead atoms. The summed E-state index contributed by atoms with van der Waals surface area (Å²) < 4.78 is 18.1. The number of hydrogen-bond donors (Lipinski definition) is 0. The smallest absolute Gasteiger partial charge is 0.143 e. The quantitative estimate of drug-likeness (QED) is 0.0462. The zero-order valence-corrected chi connectivity index (χ0v) is 34.6. The molecule has 0 amide bonds. The van der Waals surface area contributed by atoms with Crippen LogP contribution in [0.2, 0.25) is 0 Å². The Hall–Kier alpha value is -2.82. The minimum atomic E-state index is -0.733. The van der Waals surface area contributed by atoms with Crippen LogP contribution in [0.15, 0.2) is 78.9 Å². The van der Waals surface area contributed by atoms with Crippen LogP contribution in [0.25, 0.3) is 0 Å². The van der Waals surface area contributed by atoms with Crippen molar-refractivity contribution >= 4 is 0 Å². The van der Waals surface area contributed by atoms with Crippen molar-refractivity contribution in [2.24, 2.45) is 0 Å². The normalized spacial score (nSPS) is 11.7. The lowest BCUT2D eigenvalue weighted by molar-refractivity contribution is 0.0105. The first kappa shape index (κ1) is 44.6. The van der Waals surface area contributed by atoms with E-state index in [0.29, 0.717) is 6.61 Å². The van der Waals surface area contributed by atoms with Gasteiger partial charge in [-0.05, 0) is 86.3 Å². The van der Waals surface area contributed by atoms with Gasteiger partial charge in [0.25, 0.3) is 0 Å². The second-order valence-electron chi connectivity index (χ2n) is 15.3. The van der Waals surface area contributed by atoms with E-state index in [0.717, 1.165) is 34.6 Å². The predicted molar refractivity (Wildman–Crippen MR) is 228 cm³/mol. The van der Waals surface area contributed by atoms with Crippen molar-refractivity contribution in [2.45, 2.75) is 161 Å². The molecular formula is C49H77NO3. The van der Waals surface area contributed by atoms with Gasteiger partial charge in [0.2, 0.25) is 0 Å². The van der Waals surface area contributed by atoms with Crippen LogP contribution >= 0.6 is 0 Å².